The molecule has 2 aromatic rings. The first-order valence-electron chi connectivity index (χ1n) is 6.37. The van der Waals surface area contributed by atoms with Crippen molar-refractivity contribution in [1.82, 2.24) is 9.78 Å². The molecular formula is C15H15N3O3. The van der Waals surface area contributed by atoms with Crippen LogP contribution in [0.4, 0.5) is 5.69 Å². The molecule has 0 bridgehead atoms. The molecule has 1 aromatic carbocycles. The van der Waals surface area contributed by atoms with E-state index in [9.17, 15) is 9.59 Å². The van der Waals surface area contributed by atoms with Gasteiger partial charge in [-0.15, -0.1) is 0 Å². The number of carbonyl (C=O) groups excluding carboxylic acids is 1. The number of anilines is 1. The third kappa shape index (κ3) is 4.04. The highest BCUT2D eigenvalue weighted by molar-refractivity contribution is 5.93. The van der Waals surface area contributed by atoms with Gasteiger partial charge in [-0.2, -0.15) is 5.10 Å². The Bertz CT molecular complexity index is 645. The number of carboxylic acids is 1. The van der Waals surface area contributed by atoms with Gasteiger partial charge in [0.05, 0.1) is 0 Å². The highest BCUT2D eigenvalue weighted by atomic mass is 16.4. The molecule has 6 heteroatoms. The Morgan fingerprint density at radius 2 is 2.05 bits per heavy atom. The average Bonchev–Trinajstić information content (AvgIpc) is 2.99. The Morgan fingerprint density at radius 1 is 1.33 bits per heavy atom. The predicted molar refractivity (Wildman–Crippen MR) is 78.7 cm³/mol. The van der Waals surface area contributed by atoms with E-state index in [1.54, 1.807) is 54.3 Å². The number of benzene rings is 1. The highest BCUT2D eigenvalue weighted by Crippen LogP contribution is 2.13. The summed E-state index contributed by atoms with van der Waals surface area (Å²) in [6.07, 6.45) is 5.89. The summed E-state index contributed by atoms with van der Waals surface area (Å²) in [4.78, 5) is 22.5. The van der Waals surface area contributed by atoms with Gasteiger partial charge >= 0.3 is 5.97 Å². The van der Waals surface area contributed by atoms with Crippen molar-refractivity contribution in [2.45, 2.75) is 13.0 Å². The van der Waals surface area contributed by atoms with Gasteiger partial charge in [0.15, 0.2) is 0 Å². The maximum Gasteiger partial charge on any atom is 0.328 e. The van der Waals surface area contributed by atoms with Crippen LogP contribution in [0.25, 0.3) is 6.08 Å². The number of amides is 1. The summed E-state index contributed by atoms with van der Waals surface area (Å²) in [5.74, 6) is -1.17. The molecular weight excluding hydrogens is 270 g/mol. The van der Waals surface area contributed by atoms with Crippen molar-refractivity contribution in [2.24, 2.45) is 0 Å². The van der Waals surface area contributed by atoms with Crippen LogP contribution in [0, 0.1) is 0 Å². The van der Waals surface area contributed by atoms with E-state index in [1.165, 1.54) is 6.08 Å². The number of aliphatic carboxylic acids is 1. The third-order valence-corrected chi connectivity index (χ3v) is 2.90. The lowest BCUT2D eigenvalue weighted by molar-refractivity contribution is -0.131. The fourth-order valence-electron chi connectivity index (χ4n) is 1.72. The number of aromatic nitrogens is 2. The SMILES string of the molecule is C[C@H](C(=O)Nc1ccc(/C=C/C(=O)O)cc1)n1cccn1. The molecule has 1 atom stereocenters. The van der Waals surface area contributed by atoms with Crippen molar-refractivity contribution in [2.75, 3.05) is 5.32 Å². The number of nitrogens with zero attached hydrogens (tertiary/aromatic N) is 2. The summed E-state index contributed by atoms with van der Waals surface area (Å²) in [6.45, 7) is 1.76. The van der Waals surface area contributed by atoms with Crippen molar-refractivity contribution in [1.29, 1.82) is 0 Å². The fraction of sp³-hybridized carbons (Fsp3) is 0.133. The summed E-state index contributed by atoms with van der Waals surface area (Å²) in [5, 5.41) is 15.4. The minimum Gasteiger partial charge on any atom is -0.478 e. The van der Waals surface area contributed by atoms with E-state index >= 15 is 0 Å². The van der Waals surface area contributed by atoms with E-state index in [-0.39, 0.29) is 5.91 Å². The van der Waals surface area contributed by atoms with Gasteiger partial charge in [0.2, 0.25) is 5.91 Å². The van der Waals surface area contributed by atoms with E-state index in [2.05, 4.69) is 10.4 Å². The van der Waals surface area contributed by atoms with Gasteiger partial charge in [-0.25, -0.2) is 4.79 Å². The molecule has 6 nitrogen and oxygen atoms in total. The maximum atomic E-state index is 12.0. The average molecular weight is 285 g/mol. The summed E-state index contributed by atoms with van der Waals surface area (Å²) in [7, 11) is 0. The molecule has 0 spiro atoms. The number of rotatable bonds is 5. The van der Waals surface area contributed by atoms with E-state index in [1.807, 2.05) is 0 Å². The van der Waals surface area contributed by atoms with Crippen LogP contribution in [0.3, 0.4) is 0 Å². The Labute approximate surface area is 121 Å². The van der Waals surface area contributed by atoms with Crippen LogP contribution in [-0.2, 0) is 9.59 Å². The van der Waals surface area contributed by atoms with Gasteiger partial charge in [-0.1, -0.05) is 12.1 Å². The van der Waals surface area contributed by atoms with Crippen LogP contribution in [0.15, 0.2) is 48.8 Å². The van der Waals surface area contributed by atoms with Crippen molar-refractivity contribution in [3.63, 3.8) is 0 Å². The second-order valence-corrected chi connectivity index (χ2v) is 4.44. The highest BCUT2D eigenvalue weighted by Gasteiger charge is 2.14. The minimum absolute atomic E-state index is 0.174. The van der Waals surface area contributed by atoms with Gasteiger partial charge in [0, 0.05) is 24.2 Å². The van der Waals surface area contributed by atoms with Gasteiger partial charge in [0.25, 0.3) is 0 Å². The minimum atomic E-state index is -1.000. The molecule has 0 radical (unpaired) electrons. The molecule has 108 valence electrons. The molecule has 1 heterocycles. The molecule has 1 aromatic heterocycles. The number of hydrogen-bond acceptors (Lipinski definition) is 3. The zero-order chi connectivity index (χ0) is 15.2. The largest absolute Gasteiger partial charge is 0.478 e. The van der Waals surface area contributed by atoms with E-state index in [0.29, 0.717) is 5.69 Å². The summed E-state index contributed by atoms with van der Waals surface area (Å²) < 4.78 is 1.57. The van der Waals surface area contributed by atoms with Crippen molar-refractivity contribution in [3.8, 4) is 0 Å². The molecule has 2 N–H and O–H groups in total. The van der Waals surface area contributed by atoms with Crippen molar-refractivity contribution in [3.05, 3.63) is 54.4 Å². The Balaban J connectivity index is 2.00. The lowest BCUT2D eigenvalue weighted by Gasteiger charge is -2.12. The molecule has 0 aliphatic carbocycles. The number of nitrogens with one attached hydrogen (secondary N) is 1. The smallest absolute Gasteiger partial charge is 0.328 e. The van der Waals surface area contributed by atoms with E-state index in [0.717, 1.165) is 11.6 Å². The molecule has 21 heavy (non-hydrogen) atoms. The monoisotopic (exact) mass is 285 g/mol. The number of carboxylic acid groups (broad SMARTS) is 1. The first-order chi connectivity index (χ1) is 10.1. The second-order valence-electron chi connectivity index (χ2n) is 4.44. The third-order valence-electron chi connectivity index (χ3n) is 2.90. The van der Waals surface area contributed by atoms with Crippen molar-refractivity contribution < 1.29 is 14.7 Å². The Morgan fingerprint density at radius 3 is 2.62 bits per heavy atom. The van der Waals surface area contributed by atoms with E-state index < -0.39 is 12.0 Å². The second kappa shape index (κ2) is 6.51. The van der Waals surface area contributed by atoms with Gasteiger partial charge in [0.1, 0.15) is 6.04 Å². The molecule has 0 aliphatic rings. The molecule has 0 saturated carbocycles. The Hall–Kier alpha value is -2.89. The molecule has 0 fully saturated rings. The van der Waals surface area contributed by atoms with E-state index in [4.69, 9.17) is 5.11 Å². The lowest BCUT2D eigenvalue weighted by atomic mass is 10.2. The topological polar surface area (TPSA) is 84.2 Å². The molecule has 0 aliphatic heterocycles. The molecule has 0 saturated heterocycles. The van der Waals surface area contributed by atoms with Crippen molar-refractivity contribution >= 4 is 23.6 Å². The van der Waals surface area contributed by atoms with Crippen LogP contribution in [0.2, 0.25) is 0 Å². The first-order valence-corrected chi connectivity index (χ1v) is 6.37. The number of carbonyl (C=O) groups is 2. The fourth-order valence-corrected chi connectivity index (χ4v) is 1.72. The van der Waals surface area contributed by atoms with Crippen LogP contribution >= 0.6 is 0 Å². The van der Waals surface area contributed by atoms with Crippen LogP contribution < -0.4 is 5.32 Å². The molecule has 0 unspecified atom stereocenters. The number of hydrogen-bond donors (Lipinski definition) is 2. The zero-order valence-electron chi connectivity index (χ0n) is 11.4. The normalized spacial score (nSPS) is 12.2. The standard InChI is InChI=1S/C15H15N3O3/c1-11(18-10-2-9-16-18)15(21)17-13-6-3-12(4-7-13)5-8-14(19)20/h2-11H,1H3,(H,17,21)(H,19,20)/b8-5+/t11-/m1/s1. The van der Waals surface area contributed by atoms with Crippen LogP contribution in [0.1, 0.15) is 18.5 Å². The van der Waals surface area contributed by atoms with Gasteiger partial charge in [-0.05, 0) is 36.8 Å². The summed E-state index contributed by atoms with van der Waals surface area (Å²) in [5.41, 5.74) is 1.39. The summed E-state index contributed by atoms with van der Waals surface area (Å²) >= 11 is 0. The first kappa shape index (κ1) is 14.5. The quantitative estimate of drug-likeness (QED) is 0.825. The maximum absolute atomic E-state index is 12.0. The molecule has 2 rings (SSSR count). The Kier molecular flexibility index (Phi) is 4.50. The molecule has 1 amide bonds. The lowest BCUT2D eigenvalue weighted by Crippen LogP contribution is -2.23. The van der Waals surface area contributed by atoms with Gasteiger partial charge < -0.3 is 10.4 Å². The van der Waals surface area contributed by atoms with Crippen LogP contribution in [-0.4, -0.2) is 26.8 Å². The zero-order valence-corrected chi connectivity index (χ0v) is 11.4. The van der Waals surface area contributed by atoms with Crippen LogP contribution in [0.5, 0.6) is 0 Å². The predicted octanol–water partition coefficient (Wildman–Crippen LogP) is 2.18. The summed E-state index contributed by atoms with van der Waals surface area (Å²) in [6, 6.07) is 8.24. The van der Waals surface area contributed by atoms with Gasteiger partial charge in [-0.3, -0.25) is 9.48 Å².